The predicted molar refractivity (Wildman–Crippen MR) is 154 cm³/mol. The minimum atomic E-state index is -0.602. The molecule has 0 radical (unpaired) electrons. The van der Waals surface area contributed by atoms with Gasteiger partial charge in [0.15, 0.2) is 11.7 Å². The van der Waals surface area contributed by atoms with Crippen LogP contribution in [0.4, 0.5) is 0 Å². The molecule has 3 aromatic rings. The van der Waals surface area contributed by atoms with Gasteiger partial charge in [0.05, 0.1) is 24.4 Å². The van der Waals surface area contributed by atoms with Gasteiger partial charge in [-0.05, 0) is 64.2 Å². The first-order valence-electron chi connectivity index (χ1n) is 12.5. The maximum atomic E-state index is 12.7. The number of rotatable bonds is 9. The van der Waals surface area contributed by atoms with Crippen molar-refractivity contribution in [3.63, 3.8) is 0 Å². The maximum Gasteiger partial charge on any atom is 0.338 e. The van der Waals surface area contributed by atoms with Gasteiger partial charge in [-0.15, -0.1) is 0 Å². The molecule has 0 saturated heterocycles. The molecule has 2 heterocycles. The number of hydrazone groups is 1. The second kappa shape index (κ2) is 12.4. The van der Waals surface area contributed by atoms with E-state index < -0.39 is 17.9 Å². The van der Waals surface area contributed by atoms with Crippen LogP contribution in [0.3, 0.4) is 0 Å². The number of aromatic nitrogens is 1. The molecule has 0 fully saturated rings. The fourth-order valence-electron chi connectivity index (χ4n) is 4.50. The number of carbonyl (C=O) groups excluding carboxylic acids is 2. The van der Waals surface area contributed by atoms with Gasteiger partial charge < -0.3 is 24.7 Å². The summed E-state index contributed by atoms with van der Waals surface area (Å²) >= 11 is 5.32. The minimum absolute atomic E-state index is 0.238. The number of hydrogen-bond acceptors (Lipinski definition) is 6. The van der Waals surface area contributed by atoms with E-state index >= 15 is 0 Å². The minimum Gasteiger partial charge on any atom is -0.483 e. The number of esters is 1. The number of amides is 1. The van der Waals surface area contributed by atoms with E-state index in [4.69, 9.17) is 21.7 Å². The number of allylic oxidation sites excluding steroid dienone is 1. The third kappa shape index (κ3) is 6.35. The fourth-order valence-corrected chi connectivity index (χ4v) is 4.77. The lowest BCUT2D eigenvalue weighted by molar-refractivity contribution is -0.139. The molecule has 0 aliphatic carbocycles. The second-order valence-electron chi connectivity index (χ2n) is 8.91. The van der Waals surface area contributed by atoms with E-state index in [1.165, 1.54) is 0 Å². The summed E-state index contributed by atoms with van der Waals surface area (Å²) in [4.78, 5) is 25.3. The van der Waals surface area contributed by atoms with E-state index in [-0.39, 0.29) is 13.2 Å². The molecule has 0 spiro atoms. The molecule has 1 aliphatic heterocycles. The van der Waals surface area contributed by atoms with Crippen molar-refractivity contribution < 1.29 is 19.1 Å². The molecule has 0 bridgehead atoms. The van der Waals surface area contributed by atoms with Crippen LogP contribution in [0, 0.1) is 13.8 Å². The molecule has 0 unspecified atom stereocenters. The Morgan fingerprint density at radius 3 is 2.56 bits per heavy atom. The molecule has 1 aromatic heterocycles. The smallest absolute Gasteiger partial charge is 0.338 e. The SMILES string of the molecule is CCOC(=O)C1=C(C)NC(=S)N[C@@H]1c1ccccc1OCC(=O)NN=Cc1cc(C)n(-c2ccccc2)c1C. The molecule has 0 saturated carbocycles. The molecule has 1 amide bonds. The number of benzene rings is 2. The first-order valence-corrected chi connectivity index (χ1v) is 12.9. The summed E-state index contributed by atoms with van der Waals surface area (Å²) in [5.41, 5.74) is 8.17. The molecule has 3 N–H and O–H groups in total. The van der Waals surface area contributed by atoms with Crippen molar-refractivity contribution in [2.45, 2.75) is 33.7 Å². The highest BCUT2D eigenvalue weighted by Crippen LogP contribution is 2.33. The van der Waals surface area contributed by atoms with Gasteiger partial charge in [0.25, 0.3) is 5.91 Å². The Balaban J connectivity index is 1.44. The Hall–Kier alpha value is -4.44. The van der Waals surface area contributed by atoms with Crippen LogP contribution in [0.5, 0.6) is 5.75 Å². The lowest BCUT2D eigenvalue weighted by Gasteiger charge is -2.30. The van der Waals surface area contributed by atoms with E-state index in [1.807, 2.05) is 62.4 Å². The first kappa shape index (κ1) is 27.6. The number of para-hydroxylation sites is 2. The Labute approximate surface area is 232 Å². The van der Waals surface area contributed by atoms with Crippen molar-refractivity contribution in [2.24, 2.45) is 5.10 Å². The van der Waals surface area contributed by atoms with Gasteiger partial charge in [0.1, 0.15) is 5.75 Å². The number of nitrogens with zero attached hydrogens (tertiary/aromatic N) is 2. The highest BCUT2D eigenvalue weighted by molar-refractivity contribution is 7.80. The van der Waals surface area contributed by atoms with Crippen LogP contribution >= 0.6 is 12.2 Å². The van der Waals surface area contributed by atoms with E-state index in [2.05, 4.69) is 25.7 Å². The molecular formula is C29H31N5O4S. The number of thiocarbonyl (C=S) groups is 1. The molecule has 1 atom stereocenters. The molecule has 2 aromatic carbocycles. The van der Waals surface area contributed by atoms with Gasteiger partial charge in [-0.1, -0.05) is 36.4 Å². The van der Waals surface area contributed by atoms with Crippen molar-refractivity contribution in [2.75, 3.05) is 13.2 Å². The summed E-state index contributed by atoms with van der Waals surface area (Å²) < 4.78 is 13.2. The summed E-state index contributed by atoms with van der Waals surface area (Å²) in [6, 6.07) is 18.6. The van der Waals surface area contributed by atoms with E-state index in [1.54, 1.807) is 32.2 Å². The highest BCUT2D eigenvalue weighted by atomic mass is 32.1. The molecule has 39 heavy (non-hydrogen) atoms. The Morgan fingerprint density at radius 1 is 1.10 bits per heavy atom. The standard InChI is InChI=1S/C29H31N5O4S/c1-5-37-28(36)26-19(3)31-29(39)32-27(26)23-13-9-10-14-24(23)38-17-25(35)33-30-16-21-15-18(2)34(20(21)4)22-11-7-6-8-12-22/h6-16,27H,5,17H2,1-4H3,(H,33,35)(H2,31,32,39)/t27-/m1/s1. The average molecular weight is 546 g/mol. The third-order valence-electron chi connectivity index (χ3n) is 6.23. The van der Waals surface area contributed by atoms with Crippen LogP contribution < -0.4 is 20.8 Å². The van der Waals surface area contributed by atoms with Crippen molar-refractivity contribution in [1.82, 2.24) is 20.6 Å². The zero-order valence-electron chi connectivity index (χ0n) is 22.3. The third-order valence-corrected chi connectivity index (χ3v) is 6.45. The van der Waals surface area contributed by atoms with Gasteiger partial charge in [0, 0.05) is 33.9 Å². The van der Waals surface area contributed by atoms with Gasteiger partial charge in [-0.3, -0.25) is 4.79 Å². The van der Waals surface area contributed by atoms with Crippen LogP contribution in [0.1, 0.15) is 42.4 Å². The quantitative estimate of drug-likeness (QED) is 0.162. The predicted octanol–water partition coefficient (Wildman–Crippen LogP) is 3.98. The van der Waals surface area contributed by atoms with Crippen molar-refractivity contribution >= 4 is 35.4 Å². The topological polar surface area (TPSA) is 106 Å². The first-order chi connectivity index (χ1) is 18.8. The molecule has 10 heteroatoms. The average Bonchev–Trinajstić information content (AvgIpc) is 3.20. The number of carbonyl (C=O) groups is 2. The molecular weight excluding hydrogens is 514 g/mol. The summed E-state index contributed by atoms with van der Waals surface area (Å²) in [5.74, 6) is -0.458. The van der Waals surface area contributed by atoms with E-state index in [9.17, 15) is 9.59 Å². The zero-order chi connectivity index (χ0) is 27.9. The summed E-state index contributed by atoms with van der Waals surface area (Å²) in [6.07, 6.45) is 1.62. The summed E-state index contributed by atoms with van der Waals surface area (Å²) in [7, 11) is 0. The van der Waals surface area contributed by atoms with Gasteiger partial charge in [-0.2, -0.15) is 5.10 Å². The van der Waals surface area contributed by atoms with Crippen molar-refractivity contribution in [1.29, 1.82) is 0 Å². The van der Waals surface area contributed by atoms with Crippen molar-refractivity contribution in [3.8, 4) is 11.4 Å². The van der Waals surface area contributed by atoms with Crippen LogP contribution in [-0.4, -0.2) is 41.0 Å². The summed E-state index contributed by atoms with van der Waals surface area (Å²) in [6.45, 7) is 7.50. The van der Waals surface area contributed by atoms with Crippen LogP contribution in [0.25, 0.3) is 5.69 Å². The van der Waals surface area contributed by atoms with Gasteiger partial charge in [-0.25, -0.2) is 10.2 Å². The lowest BCUT2D eigenvalue weighted by atomic mass is 9.95. The molecule has 202 valence electrons. The second-order valence-corrected chi connectivity index (χ2v) is 9.32. The molecule has 9 nitrogen and oxygen atoms in total. The zero-order valence-corrected chi connectivity index (χ0v) is 23.1. The van der Waals surface area contributed by atoms with Crippen LogP contribution in [0.2, 0.25) is 0 Å². The maximum absolute atomic E-state index is 12.7. The van der Waals surface area contributed by atoms with Crippen molar-refractivity contribution in [3.05, 3.63) is 94.4 Å². The Morgan fingerprint density at radius 2 is 1.82 bits per heavy atom. The number of nitrogens with one attached hydrogen (secondary N) is 3. The Kier molecular flexibility index (Phi) is 8.77. The lowest BCUT2D eigenvalue weighted by Crippen LogP contribution is -2.45. The van der Waals surface area contributed by atoms with Gasteiger partial charge >= 0.3 is 5.97 Å². The van der Waals surface area contributed by atoms with E-state index in [0.717, 1.165) is 22.6 Å². The highest BCUT2D eigenvalue weighted by Gasteiger charge is 2.32. The molecule has 1 aliphatic rings. The number of ether oxygens (including phenoxy) is 2. The van der Waals surface area contributed by atoms with Crippen LogP contribution in [-0.2, 0) is 14.3 Å². The number of hydrogen-bond donors (Lipinski definition) is 3. The van der Waals surface area contributed by atoms with Crippen LogP contribution in [0.15, 0.2) is 77.0 Å². The largest absolute Gasteiger partial charge is 0.483 e. The molecule has 4 rings (SSSR count). The Bertz CT molecular complexity index is 1450. The monoisotopic (exact) mass is 545 g/mol. The fraction of sp³-hybridized carbons (Fsp3) is 0.241. The van der Waals surface area contributed by atoms with E-state index in [0.29, 0.717) is 27.7 Å². The normalized spacial score (nSPS) is 15.1. The number of aryl methyl sites for hydroxylation is 1. The summed E-state index contributed by atoms with van der Waals surface area (Å²) in [5, 5.41) is 10.6. The van der Waals surface area contributed by atoms with Gasteiger partial charge in [0.2, 0.25) is 0 Å².